The summed E-state index contributed by atoms with van der Waals surface area (Å²) in [4.78, 5) is 97.8. The van der Waals surface area contributed by atoms with Gasteiger partial charge in [0.05, 0.1) is 6.61 Å². The topological polar surface area (TPSA) is 314 Å². The third-order valence-electron chi connectivity index (χ3n) is 9.62. The predicted octanol–water partition coefficient (Wildman–Crippen LogP) is -2.18. The van der Waals surface area contributed by atoms with Gasteiger partial charge in [0.15, 0.2) is 5.96 Å². The van der Waals surface area contributed by atoms with Gasteiger partial charge in [-0.25, -0.2) is 4.79 Å². The number of guanidine groups is 1. The Hall–Kier alpha value is -5.30. The molecular formula is C37H60N10O9. The quantitative estimate of drug-likeness (QED) is 0.0341. The van der Waals surface area contributed by atoms with E-state index in [4.69, 9.17) is 22.3 Å². The summed E-state index contributed by atoms with van der Waals surface area (Å²) in [7, 11) is 0. The first kappa shape index (κ1) is 46.9. The number of carboxylic acids is 1. The van der Waals surface area contributed by atoms with E-state index in [1.165, 1.54) is 11.8 Å². The molecule has 2 rings (SSSR count). The highest BCUT2D eigenvalue weighted by molar-refractivity contribution is 5.97. The molecule has 1 fully saturated rings. The summed E-state index contributed by atoms with van der Waals surface area (Å²) in [5.41, 5.74) is 16.9. The Balaban J connectivity index is 2.31. The maximum Gasteiger partial charge on any atom is 0.326 e. The first-order valence-electron chi connectivity index (χ1n) is 18.9. The number of benzene rings is 1. The molecule has 1 aliphatic heterocycles. The maximum atomic E-state index is 14.3. The van der Waals surface area contributed by atoms with Gasteiger partial charge in [-0.05, 0) is 50.0 Å². The lowest BCUT2D eigenvalue weighted by Crippen LogP contribution is -2.61. The summed E-state index contributed by atoms with van der Waals surface area (Å²) in [6, 6.07) is 0.886. The number of carboxylic acid groups (broad SMARTS) is 1. The molecule has 0 saturated carbocycles. The van der Waals surface area contributed by atoms with Crippen LogP contribution >= 0.6 is 0 Å². The number of nitrogens with zero attached hydrogens (tertiary/aromatic N) is 2. The summed E-state index contributed by atoms with van der Waals surface area (Å²) < 4.78 is 0. The fourth-order valence-corrected chi connectivity index (χ4v) is 6.07. The van der Waals surface area contributed by atoms with Gasteiger partial charge in [-0.1, -0.05) is 64.4 Å². The van der Waals surface area contributed by atoms with E-state index in [-0.39, 0.29) is 44.7 Å². The minimum absolute atomic E-state index is 0.0458. The number of nitrogens with two attached hydrogens (primary N) is 3. The standard InChI is InChI=1S/C37H60N10O9/c1-6-21(4)29(46-33(52)28(20(2)3)45-30(49)22(5)42-31(50)24(38)19-48)34(53)44-26(18-23-12-8-7-9-13-23)35(54)47-17-11-15-27(47)32(51)43-25(36(55)56)14-10-16-41-37(39)40/h7-9,12-13,20-22,24-29,48H,6,10-11,14-19,38H2,1-5H3,(H,42,50)(H,43,51)(H,44,53)(H,45,49)(H,46,52)(H,55,56)(H4,39,40,41)/t21-,22-,24-,25-,26-,27-,28-,29-/m0/s1. The molecule has 1 saturated heterocycles. The number of nitrogens with one attached hydrogen (secondary N) is 5. The number of carbonyl (C=O) groups is 7. The fraction of sp³-hybridized carbons (Fsp3) is 0.622. The second-order valence-electron chi connectivity index (χ2n) is 14.4. The van der Waals surface area contributed by atoms with E-state index in [1.54, 1.807) is 51.1 Å². The lowest BCUT2D eigenvalue weighted by Gasteiger charge is -2.32. The minimum Gasteiger partial charge on any atom is -0.480 e. The molecular weight excluding hydrogens is 728 g/mol. The molecule has 19 heteroatoms. The van der Waals surface area contributed by atoms with Crippen LogP contribution in [0.3, 0.4) is 0 Å². The van der Waals surface area contributed by atoms with Crippen molar-refractivity contribution in [3.05, 3.63) is 35.9 Å². The van der Waals surface area contributed by atoms with Crippen molar-refractivity contribution in [2.75, 3.05) is 19.7 Å². The normalized spacial score (nSPS) is 17.6. The van der Waals surface area contributed by atoms with Crippen molar-refractivity contribution in [1.29, 1.82) is 0 Å². The predicted molar refractivity (Wildman–Crippen MR) is 207 cm³/mol. The highest BCUT2D eigenvalue weighted by atomic mass is 16.4. The smallest absolute Gasteiger partial charge is 0.326 e. The maximum absolute atomic E-state index is 14.3. The molecule has 8 atom stereocenters. The average molecular weight is 789 g/mol. The molecule has 13 N–H and O–H groups in total. The van der Waals surface area contributed by atoms with Crippen LogP contribution in [-0.2, 0) is 40.0 Å². The van der Waals surface area contributed by atoms with E-state index in [2.05, 4.69) is 31.6 Å². The Bertz CT molecular complexity index is 1540. The Labute approximate surface area is 327 Å². The highest BCUT2D eigenvalue weighted by Crippen LogP contribution is 2.21. The fourth-order valence-electron chi connectivity index (χ4n) is 6.07. The number of carbonyl (C=O) groups excluding carboxylic acids is 6. The number of hydrogen-bond donors (Lipinski definition) is 10. The first-order valence-corrected chi connectivity index (χ1v) is 18.9. The van der Waals surface area contributed by atoms with E-state index in [1.807, 2.05) is 6.92 Å². The van der Waals surface area contributed by atoms with Crippen molar-refractivity contribution >= 4 is 47.4 Å². The molecule has 1 aromatic carbocycles. The second kappa shape index (κ2) is 22.9. The summed E-state index contributed by atoms with van der Waals surface area (Å²) in [5, 5.41) is 32.0. The van der Waals surface area contributed by atoms with E-state index in [0.717, 1.165) is 0 Å². The average Bonchev–Trinajstić information content (AvgIpc) is 3.66. The van der Waals surface area contributed by atoms with Gasteiger partial charge < -0.3 is 58.9 Å². The van der Waals surface area contributed by atoms with Crippen molar-refractivity contribution in [1.82, 2.24) is 31.5 Å². The van der Waals surface area contributed by atoms with Crippen molar-refractivity contribution in [3.63, 3.8) is 0 Å². The number of aliphatic hydroxyl groups is 1. The first-order chi connectivity index (χ1) is 26.4. The number of aliphatic imine (C=N–C) groups is 1. The third kappa shape index (κ3) is 14.4. The number of likely N-dealkylation sites (tertiary alicyclic amines) is 1. The molecule has 0 aliphatic carbocycles. The number of rotatable bonds is 22. The minimum atomic E-state index is -1.25. The molecule has 1 aliphatic rings. The Morgan fingerprint density at radius 1 is 0.857 bits per heavy atom. The zero-order valence-corrected chi connectivity index (χ0v) is 32.8. The van der Waals surface area contributed by atoms with E-state index in [9.17, 15) is 38.7 Å². The Kier molecular flexibility index (Phi) is 19.2. The van der Waals surface area contributed by atoms with Gasteiger partial charge in [0, 0.05) is 19.5 Å². The third-order valence-corrected chi connectivity index (χ3v) is 9.62. The largest absolute Gasteiger partial charge is 0.480 e. The summed E-state index contributed by atoms with van der Waals surface area (Å²) in [6.07, 6.45) is 1.56. The molecule has 56 heavy (non-hydrogen) atoms. The van der Waals surface area contributed by atoms with Crippen LogP contribution in [0.5, 0.6) is 0 Å². The molecule has 0 aromatic heterocycles. The van der Waals surface area contributed by atoms with Crippen molar-refractivity contribution in [3.8, 4) is 0 Å². The zero-order chi connectivity index (χ0) is 42.1. The van der Waals surface area contributed by atoms with Crippen LogP contribution in [0.1, 0.15) is 72.3 Å². The second-order valence-corrected chi connectivity index (χ2v) is 14.4. The monoisotopic (exact) mass is 788 g/mol. The van der Waals surface area contributed by atoms with E-state index >= 15 is 0 Å². The molecule has 0 radical (unpaired) electrons. The summed E-state index contributed by atoms with van der Waals surface area (Å²) in [5.74, 6) is -6.27. The van der Waals surface area contributed by atoms with Crippen molar-refractivity contribution < 1.29 is 43.8 Å². The molecule has 6 amide bonds. The van der Waals surface area contributed by atoms with Gasteiger partial charge in [-0.15, -0.1) is 0 Å². The molecule has 312 valence electrons. The SMILES string of the molecule is CC[C@H](C)[C@H](NC(=O)[C@@H](NC(=O)[C@H](C)NC(=O)[C@@H](N)CO)C(C)C)C(=O)N[C@@H](Cc1ccccc1)C(=O)N1CCC[C@H]1C(=O)N[C@@H](CCCN=C(N)N)C(=O)O. The van der Waals surface area contributed by atoms with Crippen LogP contribution in [-0.4, -0.2) is 124 Å². The van der Waals surface area contributed by atoms with Crippen LogP contribution in [0.25, 0.3) is 0 Å². The van der Waals surface area contributed by atoms with Gasteiger partial charge in [0.25, 0.3) is 0 Å². The van der Waals surface area contributed by atoms with Gasteiger partial charge in [-0.3, -0.25) is 33.8 Å². The van der Waals surface area contributed by atoms with Crippen molar-refractivity contribution in [2.45, 2.75) is 115 Å². The summed E-state index contributed by atoms with van der Waals surface area (Å²) in [6.45, 7) is 8.08. The van der Waals surface area contributed by atoms with Crippen LogP contribution < -0.4 is 43.8 Å². The number of aliphatic carboxylic acids is 1. The molecule has 19 nitrogen and oxygen atoms in total. The lowest BCUT2D eigenvalue weighted by atomic mass is 9.95. The van der Waals surface area contributed by atoms with Gasteiger partial charge in [0.1, 0.15) is 42.3 Å². The molecule has 0 bridgehead atoms. The summed E-state index contributed by atoms with van der Waals surface area (Å²) >= 11 is 0. The zero-order valence-electron chi connectivity index (χ0n) is 32.8. The molecule has 1 heterocycles. The molecule has 0 spiro atoms. The lowest BCUT2D eigenvalue weighted by molar-refractivity contribution is -0.145. The number of hydrogen-bond acceptors (Lipinski definition) is 10. The molecule has 0 unspecified atom stereocenters. The van der Waals surface area contributed by atoms with Crippen LogP contribution in [0.2, 0.25) is 0 Å². The molecule has 1 aromatic rings. The van der Waals surface area contributed by atoms with Crippen LogP contribution in [0.4, 0.5) is 0 Å². The van der Waals surface area contributed by atoms with Crippen LogP contribution in [0, 0.1) is 11.8 Å². The van der Waals surface area contributed by atoms with Gasteiger partial charge >= 0.3 is 5.97 Å². The van der Waals surface area contributed by atoms with Gasteiger partial charge in [0.2, 0.25) is 35.4 Å². The van der Waals surface area contributed by atoms with Crippen molar-refractivity contribution in [2.24, 2.45) is 34.0 Å². The Morgan fingerprint density at radius 3 is 2.05 bits per heavy atom. The van der Waals surface area contributed by atoms with E-state index in [0.29, 0.717) is 18.4 Å². The number of amides is 6. The Morgan fingerprint density at radius 2 is 1.48 bits per heavy atom. The highest BCUT2D eigenvalue weighted by Gasteiger charge is 2.40. The van der Waals surface area contributed by atoms with E-state index < -0.39 is 102 Å². The van der Waals surface area contributed by atoms with Gasteiger partial charge in [-0.2, -0.15) is 0 Å². The van der Waals surface area contributed by atoms with Crippen LogP contribution in [0.15, 0.2) is 35.3 Å². The number of aliphatic hydroxyl groups excluding tert-OH is 1.